The molecule has 0 radical (unpaired) electrons. The fourth-order valence-electron chi connectivity index (χ4n) is 3.09. The number of rotatable bonds is 5. The zero-order chi connectivity index (χ0) is 18.0. The van der Waals surface area contributed by atoms with Crippen molar-refractivity contribution in [3.8, 4) is 5.75 Å². The van der Waals surface area contributed by atoms with E-state index in [0.29, 0.717) is 18.1 Å². The molecule has 2 heterocycles. The molecule has 1 aromatic carbocycles. The van der Waals surface area contributed by atoms with E-state index in [1.165, 1.54) is 4.68 Å². The highest BCUT2D eigenvalue weighted by atomic mass is 16.5. The van der Waals surface area contributed by atoms with Crippen molar-refractivity contribution in [2.24, 2.45) is 5.92 Å². The Morgan fingerprint density at radius 2 is 2.16 bits per heavy atom. The highest BCUT2D eigenvalue weighted by Crippen LogP contribution is 2.34. The predicted octanol–water partition coefficient (Wildman–Crippen LogP) is 0.317. The van der Waals surface area contributed by atoms with Crippen LogP contribution >= 0.6 is 0 Å². The van der Waals surface area contributed by atoms with Gasteiger partial charge < -0.3 is 14.7 Å². The molecule has 0 bridgehead atoms. The molecule has 0 spiro atoms. The SMILES string of the molecule is COc1cccc([C@@H]2CN(C(=O)Cn3nnnc3C)C[C@H]2C(=O)O)c1. The van der Waals surface area contributed by atoms with E-state index in [0.717, 1.165) is 5.56 Å². The number of methoxy groups -OCH3 is 1. The summed E-state index contributed by atoms with van der Waals surface area (Å²) in [5.41, 5.74) is 0.848. The second-order valence-electron chi connectivity index (χ2n) is 6.01. The van der Waals surface area contributed by atoms with Crippen LogP contribution in [0, 0.1) is 12.8 Å². The first-order valence-corrected chi connectivity index (χ1v) is 7.87. The number of carbonyl (C=O) groups is 2. The average molecular weight is 345 g/mol. The Morgan fingerprint density at radius 3 is 2.80 bits per heavy atom. The number of tetrazole rings is 1. The summed E-state index contributed by atoms with van der Waals surface area (Å²) in [6.45, 7) is 2.20. The molecule has 3 rings (SSSR count). The largest absolute Gasteiger partial charge is 0.497 e. The van der Waals surface area contributed by atoms with Gasteiger partial charge in [0.25, 0.3) is 0 Å². The van der Waals surface area contributed by atoms with Crippen LogP contribution in [0.4, 0.5) is 0 Å². The number of carbonyl (C=O) groups excluding carboxylic acids is 1. The number of carboxylic acids is 1. The molecule has 2 atom stereocenters. The van der Waals surface area contributed by atoms with Crippen LogP contribution in [0.25, 0.3) is 0 Å². The van der Waals surface area contributed by atoms with Gasteiger partial charge in [0.2, 0.25) is 5.91 Å². The second-order valence-corrected chi connectivity index (χ2v) is 6.01. The Balaban J connectivity index is 1.79. The highest BCUT2D eigenvalue weighted by Gasteiger charge is 2.40. The Bertz CT molecular complexity index is 790. The van der Waals surface area contributed by atoms with Gasteiger partial charge in [0.1, 0.15) is 18.1 Å². The van der Waals surface area contributed by atoms with Crippen molar-refractivity contribution in [3.63, 3.8) is 0 Å². The van der Waals surface area contributed by atoms with Crippen molar-refractivity contribution < 1.29 is 19.4 Å². The lowest BCUT2D eigenvalue weighted by Crippen LogP contribution is -2.33. The number of aliphatic carboxylic acids is 1. The summed E-state index contributed by atoms with van der Waals surface area (Å²) in [6.07, 6.45) is 0. The summed E-state index contributed by atoms with van der Waals surface area (Å²) >= 11 is 0. The molecule has 1 saturated heterocycles. The molecule has 1 fully saturated rings. The number of hydrogen-bond donors (Lipinski definition) is 1. The van der Waals surface area contributed by atoms with Gasteiger partial charge in [-0.1, -0.05) is 12.1 Å². The van der Waals surface area contributed by atoms with Crippen molar-refractivity contribution >= 4 is 11.9 Å². The van der Waals surface area contributed by atoms with Gasteiger partial charge in [-0.3, -0.25) is 9.59 Å². The quantitative estimate of drug-likeness (QED) is 0.830. The minimum atomic E-state index is -0.915. The number of hydrogen-bond acceptors (Lipinski definition) is 6. The lowest BCUT2D eigenvalue weighted by atomic mass is 9.89. The topological polar surface area (TPSA) is 110 Å². The van der Waals surface area contributed by atoms with Gasteiger partial charge in [0, 0.05) is 19.0 Å². The molecule has 1 N–H and O–H groups in total. The zero-order valence-electron chi connectivity index (χ0n) is 14.0. The normalized spacial score (nSPS) is 19.8. The fraction of sp³-hybridized carbons (Fsp3) is 0.438. The Morgan fingerprint density at radius 1 is 1.36 bits per heavy atom. The lowest BCUT2D eigenvalue weighted by molar-refractivity contribution is -0.141. The molecule has 132 valence electrons. The third-order valence-corrected chi connectivity index (χ3v) is 4.51. The molecular weight excluding hydrogens is 326 g/mol. The molecule has 25 heavy (non-hydrogen) atoms. The number of aromatic nitrogens is 4. The van der Waals surface area contributed by atoms with Gasteiger partial charge >= 0.3 is 5.97 Å². The van der Waals surface area contributed by atoms with Crippen LogP contribution in [0.3, 0.4) is 0 Å². The number of ether oxygens (including phenoxy) is 1. The number of benzene rings is 1. The summed E-state index contributed by atoms with van der Waals surface area (Å²) in [5, 5.41) is 20.6. The number of likely N-dealkylation sites (tertiary alicyclic amines) is 1. The summed E-state index contributed by atoms with van der Waals surface area (Å²) < 4.78 is 6.61. The van der Waals surface area contributed by atoms with Gasteiger partial charge in [-0.25, -0.2) is 4.68 Å². The smallest absolute Gasteiger partial charge is 0.308 e. The molecule has 1 amide bonds. The van der Waals surface area contributed by atoms with Gasteiger partial charge in [-0.15, -0.1) is 5.10 Å². The average Bonchev–Trinajstić information content (AvgIpc) is 3.22. The molecule has 1 aliphatic rings. The molecule has 9 nitrogen and oxygen atoms in total. The number of amides is 1. The molecule has 1 aliphatic heterocycles. The number of aryl methyl sites for hydroxylation is 1. The maximum atomic E-state index is 12.5. The third-order valence-electron chi connectivity index (χ3n) is 4.51. The number of nitrogens with zero attached hydrogens (tertiary/aromatic N) is 5. The minimum absolute atomic E-state index is 0.00397. The van der Waals surface area contributed by atoms with Crippen LogP contribution < -0.4 is 4.74 Å². The maximum Gasteiger partial charge on any atom is 0.308 e. The van der Waals surface area contributed by atoms with E-state index in [1.807, 2.05) is 18.2 Å². The van der Waals surface area contributed by atoms with Gasteiger partial charge in [-0.05, 0) is 35.0 Å². The van der Waals surface area contributed by atoms with Crippen molar-refractivity contribution in [2.45, 2.75) is 19.4 Å². The first-order valence-electron chi connectivity index (χ1n) is 7.87. The molecule has 0 aliphatic carbocycles. The fourth-order valence-corrected chi connectivity index (χ4v) is 3.09. The van der Waals surface area contributed by atoms with Gasteiger partial charge in [0.15, 0.2) is 0 Å². The van der Waals surface area contributed by atoms with Crippen molar-refractivity contribution in [2.75, 3.05) is 20.2 Å². The number of carboxylic acid groups (broad SMARTS) is 1. The molecule has 1 aromatic heterocycles. The van der Waals surface area contributed by atoms with Crippen LogP contribution in [0.5, 0.6) is 5.75 Å². The van der Waals surface area contributed by atoms with Crippen LogP contribution in [0.2, 0.25) is 0 Å². The molecule has 2 aromatic rings. The predicted molar refractivity (Wildman–Crippen MR) is 86.0 cm³/mol. The molecule has 0 saturated carbocycles. The van der Waals surface area contributed by atoms with Crippen molar-refractivity contribution in [1.29, 1.82) is 0 Å². The third kappa shape index (κ3) is 3.44. The molecular formula is C16H19N5O4. The van der Waals surface area contributed by atoms with Crippen LogP contribution in [-0.4, -0.2) is 62.3 Å². The van der Waals surface area contributed by atoms with E-state index in [1.54, 1.807) is 25.0 Å². The monoisotopic (exact) mass is 345 g/mol. The summed E-state index contributed by atoms with van der Waals surface area (Å²) in [4.78, 5) is 25.8. The first-order chi connectivity index (χ1) is 12.0. The lowest BCUT2D eigenvalue weighted by Gasteiger charge is -2.17. The van der Waals surface area contributed by atoms with Crippen LogP contribution in [-0.2, 0) is 16.1 Å². The Labute approximate surface area is 144 Å². The van der Waals surface area contributed by atoms with E-state index < -0.39 is 11.9 Å². The maximum absolute atomic E-state index is 12.5. The standard InChI is InChI=1S/C16H19N5O4/c1-10-17-18-19-21(10)9-15(22)20-7-13(14(8-20)16(23)24)11-4-3-5-12(6-11)25-2/h3-6,13-14H,7-9H2,1-2H3,(H,23,24)/t13-,14+/m0/s1. The molecule has 0 unspecified atom stereocenters. The van der Waals surface area contributed by atoms with E-state index >= 15 is 0 Å². The summed E-state index contributed by atoms with van der Waals surface area (Å²) in [7, 11) is 1.56. The second kappa shape index (κ2) is 6.88. The van der Waals surface area contributed by atoms with E-state index in [-0.39, 0.29) is 24.9 Å². The summed E-state index contributed by atoms with van der Waals surface area (Å²) in [6, 6.07) is 7.31. The first kappa shape index (κ1) is 16.9. The van der Waals surface area contributed by atoms with Crippen molar-refractivity contribution in [1.82, 2.24) is 25.1 Å². The van der Waals surface area contributed by atoms with Gasteiger partial charge in [0.05, 0.1) is 13.0 Å². The highest BCUT2D eigenvalue weighted by molar-refractivity contribution is 5.79. The van der Waals surface area contributed by atoms with Crippen LogP contribution in [0.15, 0.2) is 24.3 Å². The molecule has 9 heteroatoms. The minimum Gasteiger partial charge on any atom is -0.497 e. The van der Waals surface area contributed by atoms with E-state index in [9.17, 15) is 14.7 Å². The van der Waals surface area contributed by atoms with Crippen molar-refractivity contribution in [3.05, 3.63) is 35.7 Å². The van der Waals surface area contributed by atoms with Gasteiger partial charge in [-0.2, -0.15) is 0 Å². The summed E-state index contributed by atoms with van der Waals surface area (Å²) in [5.74, 6) is -0.867. The Hall–Kier alpha value is -2.97. The zero-order valence-corrected chi connectivity index (χ0v) is 14.0. The van der Waals surface area contributed by atoms with E-state index in [2.05, 4.69) is 15.5 Å². The Kier molecular flexibility index (Phi) is 4.64. The van der Waals surface area contributed by atoms with E-state index in [4.69, 9.17) is 4.74 Å². The van der Waals surface area contributed by atoms with Crippen LogP contribution in [0.1, 0.15) is 17.3 Å².